The van der Waals surface area contributed by atoms with Crippen molar-refractivity contribution < 1.29 is 4.39 Å². The molecular formula is C16H25FN2. The summed E-state index contributed by atoms with van der Waals surface area (Å²) in [6.45, 7) is 8.07. The average Bonchev–Trinajstić information content (AvgIpc) is 2.40. The van der Waals surface area contributed by atoms with Crippen LogP contribution in [0.2, 0.25) is 0 Å². The Morgan fingerprint density at radius 3 is 2.58 bits per heavy atom. The molecular weight excluding hydrogens is 239 g/mol. The monoisotopic (exact) mass is 264 g/mol. The Bertz CT molecular complexity index is 390. The Morgan fingerprint density at radius 1 is 1.26 bits per heavy atom. The molecule has 0 radical (unpaired) electrons. The van der Waals surface area contributed by atoms with Crippen molar-refractivity contribution in [1.29, 1.82) is 0 Å². The quantitative estimate of drug-likeness (QED) is 0.905. The van der Waals surface area contributed by atoms with E-state index in [2.05, 4.69) is 18.7 Å². The van der Waals surface area contributed by atoms with Gasteiger partial charge >= 0.3 is 0 Å². The molecule has 3 atom stereocenters. The van der Waals surface area contributed by atoms with Crippen molar-refractivity contribution >= 4 is 0 Å². The molecule has 1 aliphatic heterocycles. The van der Waals surface area contributed by atoms with E-state index in [1.807, 2.05) is 0 Å². The highest BCUT2D eigenvalue weighted by molar-refractivity contribution is 5.19. The molecule has 1 fully saturated rings. The van der Waals surface area contributed by atoms with Gasteiger partial charge in [-0.1, -0.05) is 26.0 Å². The summed E-state index contributed by atoms with van der Waals surface area (Å²) < 4.78 is 12.9. The van der Waals surface area contributed by atoms with Crippen molar-refractivity contribution in [3.05, 3.63) is 35.6 Å². The van der Waals surface area contributed by atoms with E-state index in [0.717, 1.165) is 30.4 Å². The molecule has 2 N–H and O–H groups in total. The summed E-state index contributed by atoms with van der Waals surface area (Å²) in [4.78, 5) is 2.51. The Morgan fingerprint density at radius 2 is 1.95 bits per heavy atom. The van der Waals surface area contributed by atoms with Gasteiger partial charge in [0, 0.05) is 12.6 Å². The lowest BCUT2D eigenvalue weighted by molar-refractivity contribution is 0.135. The summed E-state index contributed by atoms with van der Waals surface area (Å²) in [5.41, 5.74) is 7.20. The van der Waals surface area contributed by atoms with E-state index < -0.39 is 0 Å². The van der Waals surface area contributed by atoms with Gasteiger partial charge in [-0.25, -0.2) is 4.39 Å². The van der Waals surface area contributed by atoms with E-state index in [1.165, 1.54) is 31.6 Å². The molecule has 1 aliphatic rings. The molecule has 1 aromatic carbocycles. The number of likely N-dealkylation sites (tertiary alicyclic amines) is 1. The Hall–Kier alpha value is -0.930. The predicted molar refractivity (Wildman–Crippen MR) is 77.3 cm³/mol. The van der Waals surface area contributed by atoms with Gasteiger partial charge in [0.05, 0.1) is 0 Å². The molecule has 0 amide bonds. The highest BCUT2D eigenvalue weighted by atomic mass is 19.1. The summed E-state index contributed by atoms with van der Waals surface area (Å²) in [5.74, 6) is 1.41. The van der Waals surface area contributed by atoms with Crippen molar-refractivity contribution in [1.82, 2.24) is 4.90 Å². The third-order valence-electron chi connectivity index (χ3n) is 4.47. The summed E-state index contributed by atoms with van der Waals surface area (Å²) in [5, 5.41) is 0. The first-order valence-electron chi connectivity index (χ1n) is 7.29. The molecule has 0 aliphatic carbocycles. The second-order valence-electron chi connectivity index (χ2n) is 5.99. The molecule has 3 heteroatoms. The van der Waals surface area contributed by atoms with Crippen LogP contribution in [0.15, 0.2) is 24.3 Å². The topological polar surface area (TPSA) is 29.3 Å². The van der Waals surface area contributed by atoms with Crippen LogP contribution in [0.3, 0.4) is 0 Å². The fourth-order valence-electron chi connectivity index (χ4n) is 2.75. The van der Waals surface area contributed by atoms with Crippen molar-refractivity contribution in [2.45, 2.75) is 32.7 Å². The normalized spacial score (nSPS) is 26.3. The lowest BCUT2D eigenvalue weighted by atomic mass is 9.88. The third-order valence-corrected chi connectivity index (χ3v) is 4.47. The van der Waals surface area contributed by atoms with E-state index in [0.29, 0.717) is 0 Å². The molecule has 0 saturated carbocycles. The smallest absolute Gasteiger partial charge is 0.123 e. The number of piperidine rings is 1. The van der Waals surface area contributed by atoms with Crippen molar-refractivity contribution in [2.75, 3.05) is 19.6 Å². The number of hydrogen-bond acceptors (Lipinski definition) is 2. The van der Waals surface area contributed by atoms with E-state index in [-0.39, 0.29) is 11.9 Å². The molecule has 0 aromatic heterocycles. The lowest BCUT2D eigenvalue weighted by Gasteiger charge is -2.35. The standard InChI is InChI=1S/C16H25FN2/c1-12-7-9-19(11-13(12)2)10-8-16(18)14-3-5-15(17)6-4-14/h3-6,12-13,16H,7-11,18H2,1-2H3. The van der Waals surface area contributed by atoms with E-state index in [9.17, 15) is 4.39 Å². The molecule has 0 bridgehead atoms. The average molecular weight is 264 g/mol. The molecule has 2 rings (SSSR count). The van der Waals surface area contributed by atoms with E-state index in [1.54, 1.807) is 12.1 Å². The van der Waals surface area contributed by atoms with Crippen molar-refractivity contribution in [3.8, 4) is 0 Å². The van der Waals surface area contributed by atoms with Crippen LogP contribution in [-0.4, -0.2) is 24.5 Å². The number of halogens is 1. The fraction of sp³-hybridized carbons (Fsp3) is 0.625. The van der Waals surface area contributed by atoms with Gasteiger partial charge in [0.1, 0.15) is 5.82 Å². The second-order valence-corrected chi connectivity index (χ2v) is 5.99. The van der Waals surface area contributed by atoms with Crippen LogP contribution in [-0.2, 0) is 0 Å². The minimum Gasteiger partial charge on any atom is -0.324 e. The Labute approximate surface area is 115 Å². The first-order valence-corrected chi connectivity index (χ1v) is 7.29. The van der Waals surface area contributed by atoms with Gasteiger partial charge in [-0.05, 0) is 55.5 Å². The zero-order chi connectivity index (χ0) is 13.8. The largest absolute Gasteiger partial charge is 0.324 e. The summed E-state index contributed by atoms with van der Waals surface area (Å²) in [7, 11) is 0. The van der Waals surface area contributed by atoms with Crippen LogP contribution < -0.4 is 5.73 Å². The zero-order valence-electron chi connectivity index (χ0n) is 12.0. The third kappa shape index (κ3) is 4.02. The summed E-state index contributed by atoms with van der Waals surface area (Å²) in [6.07, 6.45) is 2.22. The first kappa shape index (κ1) is 14.5. The van der Waals surface area contributed by atoms with Crippen LogP contribution >= 0.6 is 0 Å². The molecule has 3 unspecified atom stereocenters. The highest BCUT2D eigenvalue weighted by Gasteiger charge is 2.22. The van der Waals surface area contributed by atoms with E-state index in [4.69, 9.17) is 5.73 Å². The predicted octanol–water partition coefficient (Wildman–Crippen LogP) is 3.19. The maximum atomic E-state index is 12.9. The van der Waals surface area contributed by atoms with Crippen LogP contribution in [0.4, 0.5) is 4.39 Å². The molecule has 106 valence electrons. The number of nitrogens with two attached hydrogens (primary N) is 1. The van der Waals surface area contributed by atoms with E-state index >= 15 is 0 Å². The first-order chi connectivity index (χ1) is 9.06. The van der Waals surface area contributed by atoms with Crippen molar-refractivity contribution in [2.24, 2.45) is 17.6 Å². The maximum absolute atomic E-state index is 12.9. The number of nitrogens with zero attached hydrogens (tertiary/aromatic N) is 1. The van der Waals surface area contributed by atoms with Gasteiger partial charge < -0.3 is 10.6 Å². The molecule has 1 heterocycles. The minimum atomic E-state index is -0.199. The Balaban J connectivity index is 1.80. The van der Waals surface area contributed by atoms with Gasteiger partial charge in [0.25, 0.3) is 0 Å². The number of rotatable bonds is 4. The van der Waals surface area contributed by atoms with Crippen LogP contribution in [0.5, 0.6) is 0 Å². The van der Waals surface area contributed by atoms with Gasteiger partial charge in [-0.3, -0.25) is 0 Å². The van der Waals surface area contributed by atoms with Crippen molar-refractivity contribution in [3.63, 3.8) is 0 Å². The fourth-order valence-corrected chi connectivity index (χ4v) is 2.75. The molecule has 1 saturated heterocycles. The molecule has 1 aromatic rings. The van der Waals surface area contributed by atoms with Crippen LogP contribution in [0, 0.1) is 17.7 Å². The zero-order valence-corrected chi connectivity index (χ0v) is 12.0. The van der Waals surface area contributed by atoms with Gasteiger partial charge in [0.15, 0.2) is 0 Å². The van der Waals surface area contributed by atoms with Crippen LogP contribution in [0.1, 0.15) is 38.3 Å². The number of benzene rings is 1. The summed E-state index contributed by atoms with van der Waals surface area (Å²) >= 11 is 0. The number of hydrogen-bond donors (Lipinski definition) is 1. The van der Waals surface area contributed by atoms with Gasteiger partial charge in [0.2, 0.25) is 0 Å². The molecule has 0 spiro atoms. The molecule has 19 heavy (non-hydrogen) atoms. The lowest BCUT2D eigenvalue weighted by Crippen LogP contribution is -2.39. The van der Waals surface area contributed by atoms with Gasteiger partial charge in [-0.15, -0.1) is 0 Å². The molecule has 2 nitrogen and oxygen atoms in total. The minimum absolute atomic E-state index is 0.00950. The summed E-state index contributed by atoms with van der Waals surface area (Å²) in [6, 6.07) is 6.57. The van der Waals surface area contributed by atoms with Gasteiger partial charge in [-0.2, -0.15) is 0 Å². The Kier molecular flexibility index (Phi) is 4.94. The van der Waals surface area contributed by atoms with Crippen LogP contribution in [0.25, 0.3) is 0 Å². The highest BCUT2D eigenvalue weighted by Crippen LogP contribution is 2.23. The SMILES string of the molecule is CC1CCN(CCC(N)c2ccc(F)cc2)CC1C. The maximum Gasteiger partial charge on any atom is 0.123 e. The second kappa shape index (κ2) is 6.49.